The fourth-order valence-electron chi connectivity index (χ4n) is 2.70. The maximum Gasteiger partial charge on any atom is 0.261 e. The molecule has 2 heterocycles. The summed E-state index contributed by atoms with van der Waals surface area (Å²) in [6.45, 7) is 3.90. The molecule has 1 aromatic heterocycles. The number of hydrogen-bond acceptors (Lipinski definition) is 4. The molecule has 1 N–H and O–H groups in total. The Balaban J connectivity index is 2.23. The van der Waals surface area contributed by atoms with Crippen LogP contribution in [0.3, 0.4) is 0 Å². The zero-order chi connectivity index (χ0) is 15.5. The Morgan fingerprint density at radius 1 is 1.52 bits per heavy atom. The summed E-state index contributed by atoms with van der Waals surface area (Å²) in [5, 5.41) is 7.58. The lowest BCUT2D eigenvalue weighted by atomic mass is 10.1. The van der Waals surface area contributed by atoms with Crippen LogP contribution in [0.1, 0.15) is 32.6 Å². The number of aryl methyl sites for hydroxylation is 1. The van der Waals surface area contributed by atoms with Crippen molar-refractivity contribution >= 4 is 21.6 Å². The van der Waals surface area contributed by atoms with Gasteiger partial charge < -0.3 is 5.32 Å². The van der Waals surface area contributed by atoms with Crippen LogP contribution in [0.5, 0.6) is 0 Å². The molecule has 1 fully saturated rings. The number of rotatable bonds is 6. The van der Waals surface area contributed by atoms with Gasteiger partial charge in [0.25, 0.3) is 10.0 Å². The largest absolute Gasteiger partial charge is 0.313 e. The number of piperidine rings is 1. The summed E-state index contributed by atoms with van der Waals surface area (Å²) in [5.41, 5.74) is 0. The van der Waals surface area contributed by atoms with E-state index >= 15 is 0 Å². The van der Waals surface area contributed by atoms with Crippen molar-refractivity contribution in [2.75, 3.05) is 19.6 Å². The average Bonchev–Trinajstić information content (AvgIpc) is 2.79. The van der Waals surface area contributed by atoms with Crippen LogP contribution < -0.4 is 5.32 Å². The second-order valence-electron chi connectivity index (χ2n) is 5.43. The number of nitrogens with zero attached hydrogens (tertiary/aromatic N) is 3. The smallest absolute Gasteiger partial charge is 0.261 e. The molecule has 1 saturated heterocycles. The van der Waals surface area contributed by atoms with Crippen LogP contribution in [0.15, 0.2) is 11.2 Å². The van der Waals surface area contributed by atoms with E-state index in [9.17, 15) is 8.42 Å². The number of aromatic nitrogens is 2. The van der Waals surface area contributed by atoms with Crippen molar-refractivity contribution in [3.05, 3.63) is 11.2 Å². The Hall–Kier alpha value is -0.630. The number of hydrogen-bond donors (Lipinski definition) is 1. The normalized spacial score (nSPS) is 20.1. The lowest BCUT2D eigenvalue weighted by Gasteiger charge is -2.29. The summed E-state index contributed by atoms with van der Waals surface area (Å²) in [6, 6.07) is 0.215. The van der Waals surface area contributed by atoms with Crippen molar-refractivity contribution in [2.45, 2.75) is 43.7 Å². The summed E-state index contributed by atoms with van der Waals surface area (Å²) in [7, 11) is -2.02. The van der Waals surface area contributed by atoms with Gasteiger partial charge in [-0.1, -0.05) is 24.9 Å². The Morgan fingerprint density at radius 2 is 2.29 bits per heavy atom. The van der Waals surface area contributed by atoms with Gasteiger partial charge in [0.15, 0.2) is 5.03 Å². The predicted octanol–water partition coefficient (Wildman–Crippen LogP) is 1.62. The van der Waals surface area contributed by atoms with Crippen molar-refractivity contribution in [3.63, 3.8) is 0 Å². The molecule has 1 aromatic rings. The summed E-state index contributed by atoms with van der Waals surface area (Å²) in [5.74, 6) is 0. The summed E-state index contributed by atoms with van der Waals surface area (Å²) in [4.78, 5) is 0. The fraction of sp³-hybridized carbons (Fsp3) is 0.769. The molecule has 0 bridgehead atoms. The minimum atomic E-state index is -3.62. The lowest BCUT2D eigenvalue weighted by molar-refractivity contribution is 0.311. The van der Waals surface area contributed by atoms with Crippen LogP contribution in [0, 0.1) is 0 Å². The molecule has 0 saturated carbocycles. The third kappa shape index (κ3) is 3.77. The molecule has 1 aliphatic rings. The van der Waals surface area contributed by atoms with Gasteiger partial charge in [0.1, 0.15) is 0 Å². The third-order valence-electron chi connectivity index (χ3n) is 3.74. The summed E-state index contributed by atoms with van der Waals surface area (Å²) < 4.78 is 28.6. The maximum absolute atomic E-state index is 12.9. The van der Waals surface area contributed by atoms with Crippen molar-refractivity contribution in [1.29, 1.82) is 0 Å². The first-order valence-corrected chi connectivity index (χ1v) is 9.19. The molecule has 0 aliphatic carbocycles. The molecule has 1 unspecified atom stereocenters. The molecule has 2 rings (SSSR count). The zero-order valence-corrected chi connectivity index (χ0v) is 14.1. The molecule has 6 nitrogen and oxygen atoms in total. The van der Waals surface area contributed by atoms with Crippen LogP contribution in [-0.4, -0.2) is 48.2 Å². The van der Waals surface area contributed by atoms with E-state index in [2.05, 4.69) is 10.4 Å². The van der Waals surface area contributed by atoms with Crippen LogP contribution in [-0.2, 0) is 17.1 Å². The molecule has 0 amide bonds. The highest BCUT2D eigenvalue weighted by molar-refractivity contribution is 7.89. The quantitative estimate of drug-likeness (QED) is 0.858. The molecule has 1 aliphatic heterocycles. The molecule has 8 heteroatoms. The van der Waals surface area contributed by atoms with Gasteiger partial charge in [-0.3, -0.25) is 4.68 Å². The van der Waals surface area contributed by atoms with Gasteiger partial charge in [0.2, 0.25) is 0 Å². The van der Waals surface area contributed by atoms with E-state index in [0.29, 0.717) is 13.1 Å². The van der Waals surface area contributed by atoms with Crippen LogP contribution in [0.2, 0.25) is 5.02 Å². The van der Waals surface area contributed by atoms with Crippen molar-refractivity contribution in [3.8, 4) is 0 Å². The minimum absolute atomic E-state index is 0.0772. The Bertz CT molecular complexity index is 547. The van der Waals surface area contributed by atoms with Gasteiger partial charge in [0, 0.05) is 26.2 Å². The standard InChI is InChI=1S/C13H23ClN4O2S/c1-3-8-18(10-11-6-4-5-7-15-11)21(19,20)13-12(14)9-16-17(13)2/h9,11,15H,3-8,10H2,1-2H3. The lowest BCUT2D eigenvalue weighted by Crippen LogP contribution is -2.46. The molecular formula is C13H23ClN4O2S. The predicted molar refractivity (Wildman–Crippen MR) is 82.9 cm³/mol. The molecule has 0 aromatic carbocycles. The van der Waals surface area contributed by atoms with E-state index in [1.54, 1.807) is 7.05 Å². The highest BCUT2D eigenvalue weighted by Crippen LogP contribution is 2.24. The molecule has 0 radical (unpaired) electrons. The molecule has 1 atom stereocenters. The first-order chi connectivity index (χ1) is 9.96. The molecule has 0 spiro atoms. The zero-order valence-electron chi connectivity index (χ0n) is 12.5. The van der Waals surface area contributed by atoms with E-state index in [4.69, 9.17) is 11.6 Å². The Kier molecular flexibility index (Phi) is 5.65. The summed E-state index contributed by atoms with van der Waals surface area (Å²) >= 11 is 6.01. The van der Waals surface area contributed by atoms with Gasteiger partial charge in [-0.2, -0.15) is 9.40 Å². The first-order valence-electron chi connectivity index (χ1n) is 7.37. The van der Waals surface area contributed by atoms with Gasteiger partial charge in [-0.15, -0.1) is 0 Å². The Morgan fingerprint density at radius 3 is 2.81 bits per heavy atom. The highest BCUT2D eigenvalue weighted by atomic mass is 35.5. The van der Waals surface area contributed by atoms with Gasteiger partial charge >= 0.3 is 0 Å². The van der Waals surface area contributed by atoms with Crippen LogP contribution in [0.25, 0.3) is 0 Å². The van der Waals surface area contributed by atoms with Crippen molar-refractivity contribution in [1.82, 2.24) is 19.4 Å². The molecular weight excluding hydrogens is 312 g/mol. The first kappa shape index (κ1) is 16.7. The Labute approximate surface area is 131 Å². The SMILES string of the molecule is CCCN(CC1CCCCN1)S(=O)(=O)c1c(Cl)cnn1C. The fourth-order valence-corrected chi connectivity index (χ4v) is 4.88. The second kappa shape index (κ2) is 7.09. The van der Waals surface area contributed by atoms with Crippen molar-refractivity contribution < 1.29 is 8.42 Å². The maximum atomic E-state index is 12.9. The van der Waals surface area contributed by atoms with Crippen LogP contribution in [0.4, 0.5) is 0 Å². The molecule has 21 heavy (non-hydrogen) atoms. The summed E-state index contributed by atoms with van der Waals surface area (Å²) in [6.07, 6.45) is 5.45. The van der Waals surface area contributed by atoms with E-state index in [1.165, 1.54) is 15.2 Å². The number of nitrogens with one attached hydrogen (secondary N) is 1. The van der Waals surface area contributed by atoms with Gasteiger partial charge in [0.05, 0.1) is 11.2 Å². The highest BCUT2D eigenvalue weighted by Gasteiger charge is 2.31. The van der Waals surface area contributed by atoms with E-state index in [1.807, 2.05) is 6.92 Å². The molecule has 120 valence electrons. The van der Waals surface area contributed by atoms with E-state index in [0.717, 1.165) is 32.2 Å². The topological polar surface area (TPSA) is 67.2 Å². The monoisotopic (exact) mass is 334 g/mol. The number of sulfonamides is 1. The van der Waals surface area contributed by atoms with Crippen LogP contribution >= 0.6 is 11.6 Å². The minimum Gasteiger partial charge on any atom is -0.313 e. The third-order valence-corrected chi connectivity index (χ3v) is 6.11. The van der Waals surface area contributed by atoms with Gasteiger partial charge in [-0.25, -0.2) is 8.42 Å². The number of halogens is 1. The van der Waals surface area contributed by atoms with Crippen molar-refractivity contribution in [2.24, 2.45) is 7.05 Å². The average molecular weight is 335 g/mol. The van der Waals surface area contributed by atoms with Gasteiger partial charge in [-0.05, 0) is 25.8 Å². The van der Waals surface area contributed by atoms with E-state index < -0.39 is 10.0 Å². The second-order valence-corrected chi connectivity index (χ2v) is 7.69. The van der Waals surface area contributed by atoms with E-state index in [-0.39, 0.29) is 16.1 Å².